The van der Waals surface area contributed by atoms with Crippen LogP contribution < -0.4 is 16.4 Å². The van der Waals surface area contributed by atoms with Gasteiger partial charge in [-0.25, -0.2) is 0 Å². The Kier molecular flexibility index (Phi) is 3.85. The van der Waals surface area contributed by atoms with Gasteiger partial charge in [-0.3, -0.25) is 9.59 Å². The van der Waals surface area contributed by atoms with Crippen molar-refractivity contribution in [2.75, 3.05) is 12.4 Å². The first-order valence-corrected chi connectivity index (χ1v) is 6.44. The third kappa shape index (κ3) is 3.12. The van der Waals surface area contributed by atoms with Crippen molar-refractivity contribution >= 4 is 17.5 Å². The second-order valence-corrected chi connectivity index (χ2v) is 5.07. The molecular weight excluding hydrogens is 242 g/mol. The highest BCUT2D eigenvalue weighted by atomic mass is 16.2. The van der Waals surface area contributed by atoms with Gasteiger partial charge in [-0.05, 0) is 31.4 Å². The van der Waals surface area contributed by atoms with Gasteiger partial charge in [-0.2, -0.15) is 0 Å². The lowest BCUT2D eigenvalue weighted by Gasteiger charge is -2.37. The Bertz CT molecular complexity index is 495. The number of anilines is 1. The SMILES string of the molecule is CNC(=O)c1ccccc1NC(=O)CC1(N)CCC1. The fourth-order valence-corrected chi connectivity index (χ4v) is 2.25. The van der Waals surface area contributed by atoms with Crippen LogP contribution >= 0.6 is 0 Å². The normalized spacial score (nSPS) is 16.3. The predicted molar refractivity (Wildman–Crippen MR) is 73.8 cm³/mol. The molecule has 1 aromatic rings. The zero-order valence-electron chi connectivity index (χ0n) is 11.0. The Balaban J connectivity index is 2.06. The molecule has 0 unspecified atom stereocenters. The van der Waals surface area contributed by atoms with E-state index in [1.807, 2.05) is 0 Å². The summed E-state index contributed by atoms with van der Waals surface area (Å²) < 4.78 is 0. The zero-order valence-corrected chi connectivity index (χ0v) is 11.0. The van der Waals surface area contributed by atoms with Gasteiger partial charge >= 0.3 is 0 Å². The molecule has 4 N–H and O–H groups in total. The second kappa shape index (κ2) is 5.40. The average Bonchev–Trinajstić information content (AvgIpc) is 2.36. The molecule has 1 fully saturated rings. The fourth-order valence-electron chi connectivity index (χ4n) is 2.25. The molecule has 2 rings (SSSR count). The Morgan fingerprint density at radius 1 is 1.32 bits per heavy atom. The molecule has 5 heteroatoms. The summed E-state index contributed by atoms with van der Waals surface area (Å²) in [6.45, 7) is 0. The molecule has 1 aliphatic carbocycles. The van der Waals surface area contributed by atoms with Gasteiger partial charge < -0.3 is 16.4 Å². The highest BCUT2D eigenvalue weighted by Crippen LogP contribution is 2.32. The Morgan fingerprint density at radius 2 is 2.00 bits per heavy atom. The van der Waals surface area contributed by atoms with E-state index in [2.05, 4.69) is 10.6 Å². The number of nitrogens with two attached hydrogens (primary N) is 1. The molecule has 0 aliphatic heterocycles. The molecule has 0 spiro atoms. The average molecular weight is 261 g/mol. The first kappa shape index (κ1) is 13.5. The molecule has 19 heavy (non-hydrogen) atoms. The van der Waals surface area contributed by atoms with Crippen LogP contribution in [0.15, 0.2) is 24.3 Å². The van der Waals surface area contributed by atoms with Gasteiger partial charge in [0, 0.05) is 19.0 Å². The summed E-state index contributed by atoms with van der Waals surface area (Å²) in [4.78, 5) is 23.6. The molecule has 0 radical (unpaired) electrons. The summed E-state index contributed by atoms with van der Waals surface area (Å²) >= 11 is 0. The highest BCUT2D eigenvalue weighted by Gasteiger charge is 2.34. The minimum absolute atomic E-state index is 0.140. The van der Waals surface area contributed by atoms with Crippen molar-refractivity contribution in [2.45, 2.75) is 31.2 Å². The maximum atomic E-state index is 12.0. The largest absolute Gasteiger partial charge is 0.355 e. The summed E-state index contributed by atoms with van der Waals surface area (Å²) in [6, 6.07) is 6.93. The number of rotatable bonds is 4. The van der Waals surface area contributed by atoms with E-state index in [-0.39, 0.29) is 17.4 Å². The molecular formula is C14H19N3O2. The fraction of sp³-hybridized carbons (Fsp3) is 0.429. The van der Waals surface area contributed by atoms with E-state index < -0.39 is 0 Å². The molecule has 0 atom stereocenters. The van der Waals surface area contributed by atoms with Gasteiger partial charge in [0.2, 0.25) is 5.91 Å². The van der Waals surface area contributed by atoms with Gasteiger partial charge in [0.25, 0.3) is 5.91 Å². The van der Waals surface area contributed by atoms with Crippen molar-refractivity contribution in [2.24, 2.45) is 5.73 Å². The number of carbonyl (C=O) groups is 2. The van der Waals surface area contributed by atoms with Crippen LogP contribution in [0.1, 0.15) is 36.0 Å². The molecule has 102 valence electrons. The van der Waals surface area contributed by atoms with Gasteiger partial charge in [-0.1, -0.05) is 12.1 Å². The standard InChI is InChI=1S/C14H19N3O2/c1-16-13(19)10-5-2-3-6-11(10)17-12(18)9-14(15)7-4-8-14/h2-3,5-6H,4,7-9,15H2,1H3,(H,16,19)(H,17,18). The van der Waals surface area contributed by atoms with Crippen molar-refractivity contribution in [1.29, 1.82) is 0 Å². The van der Waals surface area contributed by atoms with E-state index in [4.69, 9.17) is 5.73 Å². The van der Waals surface area contributed by atoms with Gasteiger partial charge in [0.15, 0.2) is 0 Å². The molecule has 0 heterocycles. The Morgan fingerprint density at radius 3 is 2.58 bits per heavy atom. The van der Waals surface area contributed by atoms with Crippen LogP contribution in [0.3, 0.4) is 0 Å². The monoisotopic (exact) mass is 261 g/mol. The number of benzene rings is 1. The molecule has 2 amide bonds. The van der Waals surface area contributed by atoms with E-state index in [1.165, 1.54) is 0 Å². The van der Waals surface area contributed by atoms with Crippen LogP contribution in [-0.4, -0.2) is 24.4 Å². The third-order valence-electron chi connectivity index (χ3n) is 3.53. The summed E-state index contributed by atoms with van der Waals surface area (Å²) in [5.74, 6) is -0.361. The molecule has 0 bridgehead atoms. The lowest BCUT2D eigenvalue weighted by molar-refractivity contribution is -0.118. The van der Waals surface area contributed by atoms with Crippen LogP contribution in [-0.2, 0) is 4.79 Å². The number of carbonyl (C=O) groups excluding carboxylic acids is 2. The summed E-state index contributed by atoms with van der Waals surface area (Å²) in [5.41, 5.74) is 6.67. The molecule has 0 saturated heterocycles. The molecule has 1 aromatic carbocycles. The highest BCUT2D eigenvalue weighted by molar-refractivity contribution is 6.03. The van der Waals surface area contributed by atoms with Gasteiger partial charge in [0.1, 0.15) is 0 Å². The van der Waals surface area contributed by atoms with E-state index in [1.54, 1.807) is 31.3 Å². The number of hydrogen-bond acceptors (Lipinski definition) is 3. The smallest absolute Gasteiger partial charge is 0.253 e. The van der Waals surface area contributed by atoms with Crippen LogP contribution in [0.2, 0.25) is 0 Å². The number of hydrogen-bond donors (Lipinski definition) is 3. The van der Waals surface area contributed by atoms with Gasteiger partial charge in [-0.15, -0.1) is 0 Å². The van der Waals surface area contributed by atoms with Crippen molar-refractivity contribution in [3.63, 3.8) is 0 Å². The first-order valence-electron chi connectivity index (χ1n) is 6.44. The van der Waals surface area contributed by atoms with E-state index in [0.29, 0.717) is 17.7 Å². The third-order valence-corrected chi connectivity index (χ3v) is 3.53. The minimum Gasteiger partial charge on any atom is -0.355 e. The lowest BCUT2D eigenvalue weighted by Crippen LogP contribution is -2.49. The van der Waals surface area contributed by atoms with Crippen molar-refractivity contribution in [3.05, 3.63) is 29.8 Å². The van der Waals surface area contributed by atoms with Crippen LogP contribution in [0.4, 0.5) is 5.69 Å². The van der Waals surface area contributed by atoms with E-state index in [9.17, 15) is 9.59 Å². The quantitative estimate of drug-likeness (QED) is 0.762. The Hall–Kier alpha value is -1.88. The van der Waals surface area contributed by atoms with Crippen LogP contribution in [0, 0.1) is 0 Å². The molecule has 1 aliphatic rings. The maximum Gasteiger partial charge on any atom is 0.253 e. The van der Waals surface area contributed by atoms with Crippen LogP contribution in [0.5, 0.6) is 0 Å². The van der Waals surface area contributed by atoms with Crippen molar-refractivity contribution < 1.29 is 9.59 Å². The molecule has 5 nitrogen and oxygen atoms in total. The second-order valence-electron chi connectivity index (χ2n) is 5.07. The topological polar surface area (TPSA) is 84.2 Å². The van der Waals surface area contributed by atoms with Crippen molar-refractivity contribution in [1.82, 2.24) is 5.32 Å². The maximum absolute atomic E-state index is 12.0. The van der Waals surface area contributed by atoms with E-state index >= 15 is 0 Å². The zero-order chi connectivity index (χ0) is 13.9. The number of para-hydroxylation sites is 1. The molecule has 1 saturated carbocycles. The van der Waals surface area contributed by atoms with Crippen molar-refractivity contribution in [3.8, 4) is 0 Å². The summed E-state index contributed by atoms with van der Waals surface area (Å²) in [5, 5.41) is 5.32. The van der Waals surface area contributed by atoms with E-state index in [0.717, 1.165) is 19.3 Å². The van der Waals surface area contributed by atoms with Gasteiger partial charge in [0.05, 0.1) is 11.3 Å². The summed E-state index contributed by atoms with van der Waals surface area (Å²) in [6.07, 6.45) is 3.16. The minimum atomic E-state index is -0.355. The Labute approximate surface area is 112 Å². The lowest BCUT2D eigenvalue weighted by atomic mass is 9.75. The number of amides is 2. The molecule has 0 aromatic heterocycles. The number of nitrogens with one attached hydrogen (secondary N) is 2. The predicted octanol–water partition coefficient (Wildman–Crippen LogP) is 1.26. The summed E-state index contributed by atoms with van der Waals surface area (Å²) in [7, 11) is 1.56. The van der Waals surface area contributed by atoms with Crippen LogP contribution in [0.25, 0.3) is 0 Å². The first-order chi connectivity index (χ1) is 9.04.